The molecular weight excluding hydrogens is 302 g/mol. The van der Waals surface area contributed by atoms with Crippen molar-refractivity contribution in [3.05, 3.63) is 40.8 Å². The second kappa shape index (κ2) is 6.26. The monoisotopic (exact) mass is 327 g/mol. The number of anilines is 1. The maximum absolute atomic E-state index is 13.1. The minimum absolute atomic E-state index is 0.0747. The molecule has 2 aromatic rings. The molecule has 6 heteroatoms. The van der Waals surface area contributed by atoms with E-state index in [1.165, 1.54) is 5.56 Å². The molecule has 6 nitrogen and oxygen atoms in total. The molecule has 0 N–H and O–H groups in total. The Kier molecular flexibility index (Phi) is 4.30. The van der Waals surface area contributed by atoms with Crippen LogP contribution in [0.1, 0.15) is 46.2 Å². The molecule has 0 radical (unpaired) electrons. The van der Waals surface area contributed by atoms with E-state index in [2.05, 4.69) is 17.0 Å². The van der Waals surface area contributed by atoms with Crippen LogP contribution < -0.4 is 4.90 Å². The summed E-state index contributed by atoms with van der Waals surface area (Å²) in [7, 11) is 5.81. The molecule has 1 aliphatic rings. The number of rotatable bonds is 3. The SMILES string of the molecule is Cc1nn(C)c(C)c1[C@H]1CCCN1C(=O)c1ccnc(N(C)C)c1. The van der Waals surface area contributed by atoms with Crippen molar-refractivity contribution < 1.29 is 4.79 Å². The van der Waals surface area contributed by atoms with Crippen molar-refractivity contribution >= 4 is 11.7 Å². The van der Waals surface area contributed by atoms with Crippen LogP contribution in [0.15, 0.2) is 18.3 Å². The first-order chi connectivity index (χ1) is 11.4. The molecule has 0 spiro atoms. The largest absolute Gasteiger partial charge is 0.363 e. The van der Waals surface area contributed by atoms with Gasteiger partial charge in [-0.25, -0.2) is 4.98 Å². The molecule has 3 heterocycles. The van der Waals surface area contributed by atoms with Gasteiger partial charge in [0.2, 0.25) is 0 Å². The van der Waals surface area contributed by atoms with Gasteiger partial charge in [0.05, 0.1) is 11.7 Å². The second-order valence-corrected chi connectivity index (χ2v) is 6.66. The molecule has 0 bridgehead atoms. The van der Waals surface area contributed by atoms with Crippen molar-refractivity contribution in [2.24, 2.45) is 7.05 Å². The Balaban J connectivity index is 1.93. The number of nitrogens with zero attached hydrogens (tertiary/aromatic N) is 5. The maximum Gasteiger partial charge on any atom is 0.254 e. The summed E-state index contributed by atoms with van der Waals surface area (Å²) in [6.45, 7) is 4.89. The average Bonchev–Trinajstić information content (AvgIpc) is 3.11. The third-order valence-electron chi connectivity index (χ3n) is 4.86. The summed E-state index contributed by atoms with van der Waals surface area (Å²) in [5.41, 5.74) is 4.05. The molecular formula is C18H25N5O. The molecule has 1 aliphatic heterocycles. The van der Waals surface area contributed by atoms with Crippen LogP contribution in [0.4, 0.5) is 5.82 Å². The number of hydrogen-bond acceptors (Lipinski definition) is 4. The van der Waals surface area contributed by atoms with E-state index >= 15 is 0 Å². The predicted octanol–water partition coefficient (Wildman–Crippen LogP) is 2.48. The average molecular weight is 327 g/mol. The number of carbonyl (C=O) groups excluding carboxylic acids is 1. The highest BCUT2D eigenvalue weighted by Crippen LogP contribution is 2.36. The van der Waals surface area contributed by atoms with Crippen LogP contribution in [0, 0.1) is 13.8 Å². The zero-order valence-corrected chi connectivity index (χ0v) is 15.1. The lowest BCUT2D eigenvalue weighted by molar-refractivity contribution is 0.0735. The number of hydrogen-bond donors (Lipinski definition) is 0. The molecule has 1 atom stereocenters. The fourth-order valence-corrected chi connectivity index (χ4v) is 3.54. The third-order valence-corrected chi connectivity index (χ3v) is 4.86. The third kappa shape index (κ3) is 2.77. The van der Waals surface area contributed by atoms with Crippen LogP contribution in [0.2, 0.25) is 0 Å². The van der Waals surface area contributed by atoms with E-state index in [0.29, 0.717) is 5.56 Å². The Morgan fingerprint density at radius 1 is 1.33 bits per heavy atom. The summed E-state index contributed by atoms with van der Waals surface area (Å²) in [4.78, 5) is 21.3. The number of pyridine rings is 1. The molecule has 0 aliphatic carbocycles. The fraction of sp³-hybridized carbons (Fsp3) is 0.500. The standard InChI is InChI=1S/C18H25N5O/c1-12-17(13(2)22(5)20-12)15-7-6-10-23(15)18(24)14-8-9-19-16(11-14)21(3)4/h8-9,11,15H,6-7,10H2,1-5H3/t15-/m1/s1. The van der Waals surface area contributed by atoms with E-state index in [1.54, 1.807) is 12.3 Å². The van der Waals surface area contributed by atoms with E-state index in [-0.39, 0.29) is 11.9 Å². The number of carbonyl (C=O) groups is 1. The quantitative estimate of drug-likeness (QED) is 0.869. The second-order valence-electron chi connectivity index (χ2n) is 6.66. The summed E-state index contributed by atoms with van der Waals surface area (Å²) < 4.78 is 1.90. The van der Waals surface area contributed by atoms with Gasteiger partial charge in [0.15, 0.2) is 0 Å². The van der Waals surface area contributed by atoms with Crippen molar-refractivity contribution in [2.75, 3.05) is 25.5 Å². The zero-order valence-electron chi connectivity index (χ0n) is 15.1. The van der Waals surface area contributed by atoms with Gasteiger partial charge >= 0.3 is 0 Å². The van der Waals surface area contributed by atoms with Gasteiger partial charge in [-0.2, -0.15) is 5.10 Å². The van der Waals surface area contributed by atoms with E-state index < -0.39 is 0 Å². The van der Waals surface area contributed by atoms with E-state index in [4.69, 9.17) is 0 Å². The minimum atomic E-state index is 0.0747. The number of aryl methyl sites for hydroxylation is 2. The maximum atomic E-state index is 13.1. The van der Waals surface area contributed by atoms with Crippen LogP contribution in [0.3, 0.4) is 0 Å². The summed E-state index contributed by atoms with van der Waals surface area (Å²) in [5, 5.41) is 4.52. The smallest absolute Gasteiger partial charge is 0.254 e. The Morgan fingerprint density at radius 2 is 2.08 bits per heavy atom. The van der Waals surface area contributed by atoms with Gasteiger partial charge in [-0.15, -0.1) is 0 Å². The first kappa shape index (κ1) is 16.5. The predicted molar refractivity (Wildman–Crippen MR) is 94.3 cm³/mol. The number of amides is 1. The normalized spacial score (nSPS) is 17.4. The highest BCUT2D eigenvalue weighted by atomic mass is 16.2. The van der Waals surface area contributed by atoms with Gasteiger partial charge in [-0.1, -0.05) is 0 Å². The minimum Gasteiger partial charge on any atom is -0.363 e. The molecule has 1 amide bonds. The zero-order chi connectivity index (χ0) is 17.4. The summed E-state index contributed by atoms with van der Waals surface area (Å²) >= 11 is 0. The Bertz CT molecular complexity index is 765. The number of aromatic nitrogens is 3. The van der Waals surface area contributed by atoms with Crippen LogP contribution in [-0.2, 0) is 7.05 Å². The van der Waals surface area contributed by atoms with Gasteiger partial charge in [0.1, 0.15) is 5.82 Å². The number of likely N-dealkylation sites (tertiary alicyclic amines) is 1. The van der Waals surface area contributed by atoms with Gasteiger partial charge in [-0.05, 0) is 38.8 Å². The Morgan fingerprint density at radius 3 is 2.71 bits per heavy atom. The van der Waals surface area contributed by atoms with E-state index in [1.807, 2.05) is 48.6 Å². The molecule has 0 saturated carbocycles. The molecule has 24 heavy (non-hydrogen) atoms. The summed E-state index contributed by atoms with van der Waals surface area (Å²) in [6.07, 6.45) is 3.72. The van der Waals surface area contributed by atoms with Gasteiger partial charge in [0, 0.05) is 50.7 Å². The van der Waals surface area contributed by atoms with Crippen LogP contribution in [0.25, 0.3) is 0 Å². The molecule has 128 valence electrons. The van der Waals surface area contributed by atoms with Gasteiger partial charge in [0.25, 0.3) is 5.91 Å². The Labute approximate surface area is 143 Å². The molecule has 1 saturated heterocycles. The van der Waals surface area contributed by atoms with Crippen LogP contribution >= 0.6 is 0 Å². The lowest BCUT2D eigenvalue weighted by Gasteiger charge is -2.26. The van der Waals surface area contributed by atoms with E-state index in [9.17, 15) is 4.79 Å². The van der Waals surface area contributed by atoms with Crippen molar-refractivity contribution in [2.45, 2.75) is 32.7 Å². The molecule has 0 aromatic carbocycles. The lowest BCUT2D eigenvalue weighted by atomic mass is 10.0. The van der Waals surface area contributed by atoms with Crippen molar-refractivity contribution in [3.63, 3.8) is 0 Å². The first-order valence-electron chi connectivity index (χ1n) is 8.34. The highest BCUT2D eigenvalue weighted by molar-refractivity contribution is 5.95. The Hall–Kier alpha value is -2.37. The van der Waals surface area contributed by atoms with Gasteiger partial charge in [-0.3, -0.25) is 9.48 Å². The lowest BCUT2D eigenvalue weighted by Crippen LogP contribution is -2.31. The molecule has 3 rings (SSSR count). The molecule has 1 fully saturated rings. The first-order valence-corrected chi connectivity index (χ1v) is 8.34. The van der Waals surface area contributed by atoms with Crippen molar-refractivity contribution in [1.29, 1.82) is 0 Å². The van der Waals surface area contributed by atoms with Gasteiger partial charge < -0.3 is 9.80 Å². The summed E-state index contributed by atoms with van der Waals surface area (Å²) in [6, 6.07) is 3.77. The summed E-state index contributed by atoms with van der Waals surface area (Å²) in [5.74, 6) is 0.871. The van der Waals surface area contributed by atoms with Crippen molar-refractivity contribution in [3.8, 4) is 0 Å². The topological polar surface area (TPSA) is 54.3 Å². The molecule has 0 unspecified atom stereocenters. The highest BCUT2D eigenvalue weighted by Gasteiger charge is 2.34. The van der Waals surface area contributed by atoms with Crippen LogP contribution in [-0.4, -0.2) is 46.2 Å². The fourth-order valence-electron chi connectivity index (χ4n) is 3.54. The van der Waals surface area contributed by atoms with Crippen molar-refractivity contribution in [1.82, 2.24) is 19.7 Å². The molecule has 2 aromatic heterocycles. The van der Waals surface area contributed by atoms with Crippen LogP contribution in [0.5, 0.6) is 0 Å². The van der Waals surface area contributed by atoms with E-state index in [0.717, 1.165) is 36.6 Å².